The summed E-state index contributed by atoms with van der Waals surface area (Å²) in [6.45, 7) is 1.98. The Morgan fingerprint density at radius 3 is 2.46 bits per heavy atom. The molecule has 0 atom stereocenters. The van der Waals surface area contributed by atoms with E-state index in [0.717, 1.165) is 39.7 Å². The minimum absolute atomic E-state index is 0.306. The first-order chi connectivity index (χ1) is 19.7. The lowest BCUT2D eigenvalue weighted by atomic mass is 9.98. The predicted octanol–water partition coefficient (Wildman–Crippen LogP) is 5.56. The first-order valence-corrected chi connectivity index (χ1v) is 14.7. The van der Waals surface area contributed by atoms with Crippen molar-refractivity contribution in [2.75, 3.05) is 24.7 Å². The number of carbonyl (C=O) groups is 1. The Bertz CT molecular complexity index is 2050. The molecule has 10 heteroatoms. The third-order valence-corrected chi connectivity index (χ3v) is 8.38. The normalized spacial score (nSPS) is 11.7. The summed E-state index contributed by atoms with van der Waals surface area (Å²) in [5, 5.41) is 3.30. The number of rotatable bonds is 6. The van der Waals surface area contributed by atoms with E-state index in [4.69, 9.17) is 4.42 Å². The van der Waals surface area contributed by atoms with Crippen molar-refractivity contribution in [2.24, 2.45) is 0 Å². The van der Waals surface area contributed by atoms with Crippen LogP contribution in [0.15, 0.2) is 89.9 Å². The molecule has 206 valence electrons. The molecule has 9 nitrogen and oxygen atoms in total. The number of nitrogens with zero attached hydrogens (tertiary/aromatic N) is 4. The average Bonchev–Trinajstić information content (AvgIpc) is 3.57. The number of hydrogen-bond acceptors (Lipinski definition) is 6. The fourth-order valence-corrected chi connectivity index (χ4v) is 5.45. The number of carbonyl (C=O) groups excluding carboxylic acids is 1. The molecule has 6 rings (SSSR count). The summed E-state index contributed by atoms with van der Waals surface area (Å²) in [4.78, 5) is 22.0. The minimum Gasteiger partial charge on any atom is -0.455 e. The highest BCUT2D eigenvalue weighted by molar-refractivity contribution is 7.92. The Morgan fingerprint density at radius 2 is 1.78 bits per heavy atom. The van der Waals surface area contributed by atoms with Gasteiger partial charge in [0.25, 0.3) is 5.91 Å². The average molecular weight is 566 g/mol. The van der Waals surface area contributed by atoms with Gasteiger partial charge in [-0.3, -0.25) is 18.7 Å². The van der Waals surface area contributed by atoms with Gasteiger partial charge in [-0.1, -0.05) is 35.9 Å². The number of furan rings is 1. The van der Waals surface area contributed by atoms with Crippen LogP contribution in [0.25, 0.3) is 50.1 Å². The van der Waals surface area contributed by atoms with E-state index in [1.807, 2.05) is 72.2 Å². The van der Waals surface area contributed by atoms with Crippen LogP contribution in [0, 0.1) is 6.92 Å². The number of hydrogen-bond donors (Lipinski definition) is 1. The van der Waals surface area contributed by atoms with E-state index in [-0.39, 0.29) is 5.91 Å². The Balaban J connectivity index is 1.64. The van der Waals surface area contributed by atoms with Crippen molar-refractivity contribution >= 4 is 43.6 Å². The summed E-state index contributed by atoms with van der Waals surface area (Å²) in [6.07, 6.45) is 6.33. The summed E-state index contributed by atoms with van der Waals surface area (Å²) < 4.78 is 34.9. The second kappa shape index (κ2) is 9.90. The molecule has 0 bridgehead atoms. The predicted molar refractivity (Wildman–Crippen MR) is 161 cm³/mol. The number of fused-ring (bicyclic) bond motifs is 2. The Hall–Kier alpha value is -4.96. The fraction of sp³-hybridized carbons (Fsp3) is 0.129. The SMILES string of the molecule is CNC(=O)c1c(-c2ccc(C)cc2)oc2cc(N(C)S(C)(=O)=O)c(-c3ccc4ncn(-c5cccnc5)c4c3)cc12. The summed E-state index contributed by atoms with van der Waals surface area (Å²) >= 11 is 0. The number of amides is 1. The molecule has 0 radical (unpaired) electrons. The maximum atomic E-state index is 13.2. The number of imidazole rings is 1. The molecular weight excluding hydrogens is 538 g/mol. The van der Waals surface area contributed by atoms with Gasteiger partial charge in [0.1, 0.15) is 17.7 Å². The second-order valence-corrected chi connectivity index (χ2v) is 11.9. The number of aryl methyl sites for hydroxylation is 1. The highest BCUT2D eigenvalue weighted by atomic mass is 32.2. The molecule has 1 amide bonds. The van der Waals surface area contributed by atoms with Gasteiger partial charge < -0.3 is 9.73 Å². The van der Waals surface area contributed by atoms with Crippen LogP contribution in [0.2, 0.25) is 0 Å². The Labute approximate surface area is 237 Å². The van der Waals surface area contributed by atoms with Crippen molar-refractivity contribution in [3.8, 4) is 28.1 Å². The van der Waals surface area contributed by atoms with E-state index in [1.165, 1.54) is 11.4 Å². The summed E-state index contributed by atoms with van der Waals surface area (Å²) in [7, 11) is -0.561. The second-order valence-electron chi connectivity index (χ2n) is 9.88. The first kappa shape index (κ1) is 26.3. The molecule has 0 spiro atoms. The summed E-state index contributed by atoms with van der Waals surface area (Å²) in [5.41, 5.74) is 6.81. The topological polar surface area (TPSA) is 110 Å². The van der Waals surface area contributed by atoms with Crippen LogP contribution in [0.4, 0.5) is 5.69 Å². The molecule has 3 aromatic carbocycles. The molecule has 0 aliphatic heterocycles. The van der Waals surface area contributed by atoms with E-state index in [2.05, 4.69) is 15.3 Å². The van der Waals surface area contributed by atoms with E-state index in [1.54, 1.807) is 31.8 Å². The third-order valence-electron chi connectivity index (χ3n) is 7.19. The molecule has 0 aliphatic rings. The van der Waals surface area contributed by atoms with Crippen LogP contribution < -0.4 is 9.62 Å². The molecule has 0 fully saturated rings. The smallest absolute Gasteiger partial charge is 0.255 e. The van der Waals surface area contributed by atoms with Crippen molar-refractivity contribution in [2.45, 2.75) is 6.92 Å². The lowest BCUT2D eigenvalue weighted by Crippen LogP contribution is -2.25. The maximum absolute atomic E-state index is 13.2. The van der Waals surface area contributed by atoms with Crippen LogP contribution in [-0.2, 0) is 10.0 Å². The molecular formula is C31H27N5O4S. The zero-order chi connectivity index (χ0) is 28.9. The summed E-state index contributed by atoms with van der Waals surface area (Å²) in [6, 6.07) is 20.7. The molecule has 41 heavy (non-hydrogen) atoms. The quantitative estimate of drug-likeness (QED) is 0.283. The molecule has 0 aliphatic carbocycles. The number of pyridine rings is 1. The Morgan fingerprint density at radius 1 is 1.02 bits per heavy atom. The molecule has 1 N–H and O–H groups in total. The van der Waals surface area contributed by atoms with Crippen LogP contribution >= 0.6 is 0 Å². The van der Waals surface area contributed by atoms with Gasteiger partial charge in [-0.05, 0) is 42.8 Å². The first-order valence-electron chi connectivity index (χ1n) is 12.9. The van der Waals surface area contributed by atoms with E-state index in [9.17, 15) is 13.2 Å². The molecule has 3 heterocycles. The highest BCUT2D eigenvalue weighted by Gasteiger charge is 2.26. The van der Waals surface area contributed by atoms with Crippen LogP contribution in [0.5, 0.6) is 0 Å². The van der Waals surface area contributed by atoms with E-state index >= 15 is 0 Å². The van der Waals surface area contributed by atoms with Gasteiger partial charge in [-0.2, -0.15) is 0 Å². The largest absolute Gasteiger partial charge is 0.455 e. The molecule has 6 aromatic rings. The van der Waals surface area contributed by atoms with Crippen molar-refractivity contribution < 1.29 is 17.6 Å². The lowest BCUT2D eigenvalue weighted by molar-refractivity contribution is 0.0964. The number of anilines is 1. The van der Waals surface area contributed by atoms with Crippen LogP contribution in [0.1, 0.15) is 15.9 Å². The standard InChI is InChI=1S/C31H27N5O4S/c1-19-7-9-20(10-8-19)30-29(31(37)32-2)24-15-23(26(16-28(24)40-30)35(3)41(4,38)39)21-11-12-25-27(14-21)36(18-34-25)22-6-5-13-33-17-22/h5-18H,1-4H3,(H,32,37). The zero-order valence-electron chi connectivity index (χ0n) is 22.9. The van der Waals surface area contributed by atoms with Crippen LogP contribution in [0.3, 0.4) is 0 Å². The van der Waals surface area contributed by atoms with Crippen molar-refractivity contribution in [3.05, 3.63) is 96.6 Å². The number of sulfonamides is 1. The Kier molecular flexibility index (Phi) is 6.34. The molecule has 0 saturated carbocycles. The number of aromatic nitrogens is 3. The summed E-state index contributed by atoms with van der Waals surface area (Å²) in [5.74, 6) is 0.106. The monoisotopic (exact) mass is 565 g/mol. The van der Waals surface area contributed by atoms with E-state index < -0.39 is 10.0 Å². The van der Waals surface area contributed by atoms with Gasteiger partial charge in [0.2, 0.25) is 10.0 Å². The van der Waals surface area contributed by atoms with Gasteiger partial charge in [-0.15, -0.1) is 0 Å². The highest BCUT2D eigenvalue weighted by Crippen LogP contribution is 2.42. The van der Waals surface area contributed by atoms with Gasteiger partial charge >= 0.3 is 0 Å². The van der Waals surface area contributed by atoms with Gasteiger partial charge in [0.05, 0.1) is 40.4 Å². The van der Waals surface area contributed by atoms with Crippen LogP contribution in [-0.4, -0.2) is 49.2 Å². The molecule has 0 unspecified atom stereocenters. The van der Waals surface area contributed by atoms with Crippen molar-refractivity contribution in [1.82, 2.24) is 19.9 Å². The van der Waals surface area contributed by atoms with Crippen molar-refractivity contribution in [3.63, 3.8) is 0 Å². The lowest BCUT2D eigenvalue weighted by Gasteiger charge is -2.21. The fourth-order valence-electron chi connectivity index (χ4n) is 4.94. The number of nitrogens with one attached hydrogen (secondary N) is 1. The van der Waals surface area contributed by atoms with Gasteiger partial charge in [0.15, 0.2) is 0 Å². The molecule has 3 aromatic heterocycles. The minimum atomic E-state index is -3.63. The third kappa shape index (κ3) is 4.62. The van der Waals surface area contributed by atoms with Gasteiger partial charge in [-0.25, -0.2) is 13.4 Å². The van der Waals surface area contributed by atoms with E-state index in [0.29, 0.717) is 33.5 Å². The molecule has 0 saturated heterocycles. The van der Waals surface area contributed by atoms with Gasteiger partial charge in [0, 0.05) is 42.9 Å². The zero-order valence-corrected chi connectivity index (χ0v) is 23.7. The maximum Gasteiger partial charge on any atom is 0.255 e. The van der Waals surface area contributed by atoms with Crippen molar-refractivity contribution in [1.29, 1.82) is 0 Å². The number of benzene rings is 3.